The van der Waals surface area contributed by atoms with Crippen LogP contribution in [0.1, 0.15) is 28.8 Å². The third-order valence-electron chi connectivity index (χ3n) is 6.84. The molecule has 1 saturated heterocycles. The van der Waals surface area contributed by atoms with Gasteiger partial charge in [0.1, 0.15) is 5.82 Å². The number of rotatable bonds is 7. The van der Waals surface area contributed by atoms with E-state index in [1.54, 1.807) is 12.1 Å². The van der Waals surface area contributed by atoms with E-state index in [0.29, 0.717) is 18.7 Å². The van der Waals surface area contributed by atoms with Crippen LogP contribution in [0.5, 0.6) is 0 Å². The first kappa shape index (κ1) is 24.9. The number of likely N-dealkylation sites (tertiary alicyclic amines) is 1. The van der Waals surface area contributed by atoms with E-state index < -0.39 is 0 Å². The summed E-state index contributed by atoms with van der Waals surface area (Å²) in [6, 6.07) is 23.8. The van der Waals surface area contributed by atoms with Gasteiger partial charge < -0.3 is 4.90 Å². The van der Waals surface area contributed by atoms with Crippen molar-refractivity contribution in [2.24, 2.45) is 5.92 Å². The SMILES string of the molecule is Cl.O=C(c1ccc(F)cc1)C1CCN(CCn2c(=O)n(Cc3ccccc3)c3ccccc32)CC1. The zero-order chi connectivity index (χ0) is 23.5. The van der Waals surface area contributed by atoms with Crippen molar-refractivity contribution in [2.75, 3.05) is 19.6 Å². The molecule has 7 heteroatoms. The molecule has 1 aromatic heterocycles. The molecule has 0 unspecified atom stereocenters. The topological polar surface area (TPSA) is 47.2 Å². The molecule has 1 fully saturated rings. The normalized spacial score (nSPS) is 14.7. The van der Waals surface area contributed by atoms with Crippen molar-refractivity contribution >= 4 is 29.2 Å². The van der Waals surface area contributed by atoms with Crippen LogP contribution in [-0.4, -0.2) is 39.5 Å². The van der Waals surface area contributed by atoms with Crippen LogP contribution in [0, 0.1) is 11.7 Å². The summed E-state index contributed by atoms with van der Waals surface area (Å²) in [6.07, 6.45) is 1.56. The molecule has 3 aromatic carbocycles. The molecule has 0 bridgehead atoms. The second kappa shape index (κ2) is 11.0. The molecule has 0 aliphatic carbocycles. The van der Waals surface area contributed by atoms with Gasteiger partial charge in [-0.3, -0.25) is 13.9 Å². The van der Waals surface area contributed by atoms with Crippen molar-refractivity contribution in [3.8, 4) is 0 Å². The number of fused-ring (bicyclic) bond motifs is 1. The van der Waals surface area contributed by atoms with E-state index in [1.165, 1.54) is 12.1 Å². The fourth-order valence-corrected chi connectivity index (χ4v) is 4.92. The van der Waals surface area contributed by atoms with Gasteiger partial charge >= 0.3 is 5.69 Å². The highest BCUT2D eigenvalue weighted by molar-refractivity contribution is 5.97. The molecule has 0 saturated carbocycles. The van der Waals surface area contributed by atoms with E-state index in [-0.39, 0.29) is 35.6 Å². The zero-order valence-corrected chi connectivity index (χ0v) is 20.3. The molecule has 35 heavy (non-hydrogen) atoms. The Morgan fingerprint density at radius 2 is 1.40 bits per heavy atom. The predicted molar refractivity (Wildman–Crippen MR) is 139 cm³/mol. The minimum Gasteiger partial charge on any atom is -0.302 e. The lowest BCUT2D eigenvalue weighted by Gasteiger charge is -2.31. The molecular formula is C28H29ClFN3O2. The van der Waals surface area contributed by atoms with E-state index >= 15 is 0 Å². The van der Waals surface area contributed by atoms with Gasteiger partial charge in [0.2, 0.25) is 0 Å². The Kier molecular flexibility index (Phi) is 7.83. The summed E-state index contributed by atoms with van der Waals surface area (Å²) in [5.41, 5.74) is 3.58. The zero-order valence-electron chi connectivity index (χ0n) is 19.5. The van der Waals surface area contributed by atoms with Gasteiger partial charge in [-0.2, -0.15) is 0 Å². The van der Waals surface area contributed by atoms with Crippen molar-refractivity contribution < 1.29 is 9.18 Å². The van der Waals surface area contributed by atoms with Gasteiger partial charge in [0.25, 0.3) is 0 Å². The summed E-state index contributed by atoms with van der Waals surface area (Å²) in [4.78, 5) is 28.4. The second-order valence-electron chi connectivity index (χ2n) is 8.98. The third kappa shape index (κ3) is 5.39. The largest absolute Gasteiger partial charge is 0.329 e. The number of nitrogens with zero attached hydrogens (tertiary/aromatic N) is 3. The highest BCUT2D eigenvalue weighted by Crippen LogP contribution is 2.22. The van der Waals surface area contributed by atoms with Crippen molar-refractivity contribution in [1.29, 1.82) is 0 Å². The number of carbonyl (C=O) groups is 1. The molecule has 0 spiro atoms. The number of Topliss-reactive ketones (excluding diaryl/α,β-unsaturated/α-hetero) is 1. The molecule has 5 nitrogen and oxygen atoms in total. The average molecular weight is 494 g/mol. The number of hydrogen-bond acceptors (Lipinski definition) is 3. The summed E-state index contributed by atoms with van der Waals surface area (Å²) < 4.78 is 16.9. The van der Waals surface area contributed by atoms with E-state index in [0.717, 1.165) is 49.1 Å². The Morgan fingerprint density at radius 3 is 2.06 bits per heavy atom. The highest BCUT2D eigenvalue weighted by Gasteiger charge is 2.26. The van der Waals surface area contributed by atoms with Crippen LogP contribution in [0.25, 0.3) is 11.0 Å². The predicted octanol–water partition coefficient (Wildman–Crippen LogP) is 5.01. The summed E-state index contributed by atoms with van der Waals surface area (Å²) in [6.45, 7) is 3.54. The quantitative estimate of drug-likeness (QED) is 0.340. The molecule has 182 valence electrons. The van der Waals surface area contributed by atoms with Crippen molar-refractivity contribution in [3.63, 3.8) is 0 Å². The number of aromatic nitrogens is 2. The minimum atomic E-state index is -0.327. The van der Waals surface area contributed by atoms with Gasteiger partial charge in [0.05, 0.1) is 17.6 Å². The summed E-state index contributed by atoms with van der Waals surface area (Å²) in [5.74, 6) is -0.260. The molecular weight excluding hydrogens is 465 g/mol. The Balaban J connectivity index is 0.00000289. The number of hydrogen-bond donors (Lipinski definition) is 0. The van der Waals surface area contributed by atoms with E-state index in [2.05, 4.69) is 4.90 Å². The van der Waals surface area contributed by atoms with Crippen LogP contribution in [-0.2, 0) is 13.1 Å². The Morgan fingerprint density at radius 1 is 0.800 bits per heavy atom. The molecule has 1 aliphatic rings. The first-order valence-electron chi connectivity index (χ1n) is 11.8. The standard InChI is InChI=1S/C28H28FN3O2.ClH/c29-24-12-10-22(11-13-24)27(33)23-14-16-30(17-15-23)18-19-31-25-8-4-5-9-26(25)32(28(31)34)20-21-6-2-1-3-7-21;/h1-13,23H,14-20H2;1H. The van der Waals surface area contributed by atoms with Crippen LogP contribution in [0.2, 0.25) is 0 Å². The van der Waals surface area contributed by atoms with Gasteiger partial charge in [-0.05, 0) is 67.9 Å². The number of halogens is 2. The van der Waals surface area contributed by atoms with Crippen LogP contribution in [0.15, 0.2) is 83.7 Å². The maximum absolute atomic E-state index is 13.3. The van der Waals surface area contributed by atoms with Gasteiger partial charge in [-0.15, -0.1) is 12.4 Å². The first-order chi connectivity index (χ1) is 16.6. The van der Waals surface area contributed by atoms with Gasteiger partial charge in [0.15, 0.2) is 5.78 Å². The number of carbonyl (C=O) groups excluding carboxylic acids is 1. The number of piperidine rings is 1. The second-order valence-corrected chi connectivity index (χ2v) is 8.98. The van der Waals surface area contributed by atoms with Crippen LogP contribution in [0.3, 0.4) is 0 Å². The summed E-state index contributed by atoms with van der Waals surface area (Å²) in [7, 11) is 0. The highest BCUT2D eigenvalue weighted by atomic mass is 35.5. The Bertz CT molecular complexity index is 1340. The number of imidazole rings is 1. The smallest absolute Gasteiger partial charge is 0.302 e. The Labute approximate surface area is 210 Å². The number of para-hydroxylation sites is 2. The van der Waals surface area contributed by atoms with Crippen molar-refractivity contribution in [2.45, 2.75) is 25.9 Å². The molecule has 4 aromatic rings. The van der Waals surface area contributed by atoms with Gasteiger partial charge in [-0.25, -0.2) is 9.18 Å². The van der Waals surface area contributed by atoms with Crippen molar-refractivity contribution in [3.05, 3.63) is 106 Å². The molecule has 0 atom stereocenters. The fraction of sp³-hybridized carbons (Fsp3) is 0.286. The molecule has 1 aliphatic heterocycles. The maximum atomic E-state index is 13.3. The molecule has 0 amide bonds. The lowest BCUT2D eigenvalue weighted by molar-refractivity contribution is 0.0837. The lowest BCUT2D eigenvalue weighted by Crippen LogP contribution is -2.39. The molecule has 0 radical (unpaired) electrons. The minimum absolute atomic E-state index is 0. The summed E-state index contributed by atoms with van der Waals surface area (Å²) in [5, 5.41) is 0. The summed E-state index contributed by atoms with van der Waals surface area (Å²) >= 11 is 0. The maximum Gasteiger partial charge on any atom is 0.329 e. The van der Waals surface area contributed by atoms with E-state index in [1.807, 2.05) is 63.7 Å². The van der Waals surface area contributed by atoms with Crippen molar-refractivity contribution in [1.82, 2.24) is 14.0 Å². The monoisotopic (exact) mass is 493 g/mol. The van der Waals surface area contributed by atoms with Crippen LogP contribution < -0.4 is 5.69 Å². The van der Waals surface area contributed by atoms with Gasteiger partial charge in [0, 0.05) is 24.6 Å². The first-order valence-corrected chi connectivity index (χ1v) is 11.8. The molecule has 0 N–H and O–H groups in total. The number of benzene rings is 3. The lowest BCUT2D eigenvalue weighted by atomic mass is 9.89. The van der Waals surface area contributed by atoms with Crippen LogP contribution >= 0.6 is 12.4 Å². The average Bonchev–Trinajstić information content (AvgIpc) is 3.14. The number of ketones is 1. The molecule has 2 heterocycles. The Hall–Kier alpha value is -3.22. The van der Waals surface area contributed by atoms with Crippen LogP contribution in [0.4, 0.5) is 4.39 Å². The van der Waals surface area contributed by atoms with Gasteiger partial charge in [-0.1, -0.05) is 42.5 Å². The van der Waals surface area contributed by atoms with E-state index in [9.17, 15) is 14.0 Å². The fourth-order valence-electron chi connectivity index (χ4n) is 4.92. The van der Waals surface area contributed by atoms with E-state index in [4.69, 9.17) is 0 Å². The third-order valence-corrected chi connectivity index (χ3v) is 6.84. The molecule has 5 rings (SSSR count).